The zero-order chi connectivity index (χ0) is 16.8. The number of nitrogens with one attached hydrogen (secondary N) is 1. The summed E-state index contributed by atoms with van der Waals surface area (Å²) < 4.78 is 14.8. The van der Waals surface area contributed by atoms with Gasteiger partial charge in [-0.3, -0.25) is 4.79 Å². The Hall–Kier alpha value is -2.17. The van der Waals surface area contributed by atoms with Crippen LogP contribution in [0.3, 0.4) is 0 Å². The second kappa shape index (κ2) is 5.48. The van der Waals surface area contributed by atoms with Crippen molar-refractivity contribution in [2.45, 2.75) is 45.6 Å². The monoisotopic (exact) mass is 315 g/mol. The minimum Gasteiger partial charge on any atom is -0.311 e. The number of halogens is 1. The van der Waals surface area contributed by atoms with Gasteiger partial charge in [-0.15, -0.1) is 0 Å². The fraction of sp³-hybridized carbons (Fsp3) is 0.444. The van der Waals surface area contributed by atoms with Gasteiger partial charge in [-0.1, -0.05) is 12.1 Å². The SMILES string of the molecule is Cc1cc(NC(=O)[C@@H]2C[C@@H]2c2ccc(F)cc2)n(C(C)(C)C)n1. The highest BCUT2D eigenvalue weighted by atomic mass is 19.1. The molecule has 0 bridgehead atoms. The maximum atomic E-state index is 13.0. The fourth-order valence-electron chi connectivity index (χ4n) is 2.88. The van der Waals surface area contributed by atoms with Crippen LogP contribution in [0.4, 0.5) is 10.2 Å². The van der Waals surface area contributed by atoms with Crippen LogP contribution in [0.5, 0.6) is 0 Å². The summed E-state index contributed by atoms with van der Waals surface area (Å²) in [5.74, 6) is 0.612. The number of aromatic nitrogens is 2. The molecule has 1 aromatic heterocycles. The average Bonchev–Trinajstić information content (AvgIpc) is 3.16. The van der Waals surface area contributed by atoms with Gasteiger partial charge in [0.15, 0.2) is 0 Å². The Labute approximate surface area is 135 Å². The Morgan fingerprint density at radius 1 is 1.30 bits per heavy atom. The molecule has 1 fully saturated rings. The smallest absolute Gasteiger partial charge is 0.229 e. The van der Waals surface area contributed by atoms with Crippen LogP contribution in [0.25, 0.3) is 0 Å². The van der Waals surface area contributed by atoms with Crippen molar-refractivity contribution in [3.63, 3.8) is 0 Å². The van der Waals surface area contributed by atoms with E-state index in [2.05, 4.69) is 10.4 Å². The van der Waals surface area contributed by atoms with E-state index in [0.29, 0.717) is 0 Å². The summed E-state index contributed by atoms with van der Waals surface area (Å²) >= 11 is 0. The van der Waals surface area contributed by atoms with Crippen LogP contribution in [0, 0.1) is 18.7 Å². The van der Waals surface area contributed by atoms with Crippen molar-refractivity contribution in [2.24, 2.45) is 5.92 Å². The summed E-state index contributed by atoms with van der Waals surface area (Å²) in [6, 6.07) is 8.30. The molecule has 0 saturated heterocycles. The molecule has 1 saturated carbocycles. The van der Waals surface area contributed by atoms with E-state index < -0.39 is 0 Å². The maximum Gasteiger partial charge on any atom is 0.229 e. The molecule has 0 unspecified atom stereocenters. The molecule has 1 aliphatic carbocycles. The van der Waals surface area contributed by atoms with Crippen LogP contribution in [0.1, 0.15) is 44.4 Å². The summed E-state index contributed by atoms with van der Waals surface area (Å²) in [5, 5.41) is 7.46. The van der Waals surface area contributed by atoms with Gasteiger partial charge in [-0.05, 0) is 57.7 Å². The first-order chi connectivity index (χ1) is 10.8. The molecule has 4 nitrogen and oxygen atoms in total. The third-order valence-corrected chi connectivity index (χ3v) is 4.14. The van der Waals surface area contributed by atoms with E-state index in [1.807, 2.05) is 38.4 Å². The Kier molecular flexibility index (Phi) is 3.74. The van der Waals surface area contributed by atoms with Crippen molar-refractivity contribution >= 4 is 11.7 Å². The molecule has 122 valence electrons. The number of amides is 1. The summed E-state index contributed by atoms with van der Waals surface area (Å²) in [6.45, 7) is 8.06. The molecule has 5 heteroatoms. The van der Waals surface area contributed by atoms with Gasteiger partial charge >= 0.3 is 0 Å². The van der Waals surface area contributed by atoms with Crippen molar-refractivity contribution in [1.29, 1.82) is 0 Å². The number of rotatable bonds is 3. The topological polar surface area (TPSA) is 46.9 Å². The fourth-order valence-corrected chi connectivity index (χ4v) is 2.88. The molecule has 3 rings (SSSR count). The molecular weight excluding hydrogens is 293 g/mol. The van der Waals surface area contributed by atoms with Crippen LogP contribution in [0.15, 0.2) is 30.3 Å². The molecule has 2 aromatic rings. The van der Waals surface area contributed by atoms with E-state index in [4.69, 9.17) is 0 Å². The standard InChI is InChI=1S/C18H22FN3O/c1-11-9-16(22(21-11)18(2,3)4)20-17(23)15-10-14(15)12-5-7-13(19)8-6-12/h5-9,14-15H,10H2,1-4H3,(H,20,23)/t14-,15-/m1/s1. The van der Waals surface area contributed by atoms with Crippen molar-refractivity contribution in [2.75, 3.05) is 5.32 Å². The molecule has 0 spiro atoms. The van der Waals surface area contributed by atoms with Crippen molar-refractivity contribution < 1.29 is 9.18 Å². The van der Waals surface area contributed by atoms with Gasteiger partial charge in [0.1, 0.15) is 11.6 Å². The predicted octanol–water partition coefficient (Wildman–Crippen LogP) is 3.83. The lowest BCUT2D eigenvalue weighted by atomic mass is 10.1. The van der Waals surface area contributed by atoms with E-state index >= 15 is 0 Å². The van der Waals surface area contributed by atoms with E-state index in [1.165, 1.54) is 12.1 Å². The molecular formula is C18H22FN3O. The van der Waals surface area contributed by atoms with Gasteiger partial charge in [0.2, 0.25) is 5.91 Å². The van der Waals surface area contributed by atoms with Crippen LogP contribution in [-0.4, -0.2) is 15.7 Å². The first kappa shape index (κ1) is 15.7. The molecule has 2 atom stereocenters. The number of benzene rings is 1. The first-order valence-electron chi connectivity index (χ1n) is 7.89. The van der Waals surface area contributed by atoms with Gasteiger partial charge in [0, 0.05) is 12.0 Å². The second-order valence-electron chi connectivity index (χ2n) is 7.24. The van der Waals surface area contributed by atoms with E-state index in [1.54, 1.807) is 12.1 Å². The molecule has 1 aromatic carbocycles. The Bertz CT molecular complexity index is 728. The van der Waals surface area contributed by atoms with E-state index in [9.17, 15) is 9.18 Å². The van der Waals surface area contributed by atoms with E-state index in [0.717, 1.165) is 23.5 Å². The molecule has 1 amide bonds. The molecule has 0 aliphatic heterocycles. The number of aryl methyl sites for hydroxylation is 1. The van der Waals surface area contributed by atoms with E-state index in [-0.39, 0.29) is 29.1 Å². The van der Waals surface area contributed by atoms with Crippen LogP contribution < -0.4 is 5.32 Å². The quantitative estimate of drug-likeness (QED) is 0.936. The highest BCUT2D eigenvalue weighted by Gasteiger charge is 2.44. The van der Waals surface area contributed by atoms with Crippen LogP contribution in [-0.2, 0) is 10.3 Å². The Morgan fingerprint density at radius 3 is 2.57 bits per heavy atom. The number of hydrogen-bond acceptors (Lipinski definition) is 2. The highest BCUT2D eigenvalue weighted by molar-refractivity contribution is 5.94. The summed E-state index contributed by atoms with van der Waals surface area (Å²) in [7, 11) is 0. The first-order valence-corrected chi connectivity index (χ1v) is 7.89. The van der Waals surface area contributed by atoms with Gasteiger partial charge in [0.05, 0.1) is 11.2 Å². The average molecular weight is 315 g/mol. The lowest BCUT2D eigenvalue weighted by molar-refractivity contribution is -0.117. The zero-order valence-corrected chi connectivity index (χ0v) is 13.9. The highest BCUT2D eigenvalue weighted by Crippen LogP contribution is 2.48. The molecule has 1 N–H and O–H groups in total. The number of carbonyl (C=O) groups excluding carboxylic acids is 1. The van der Waals surface area contributed by atoms with Crippen LogP contribution in [0.2, 0.25) is 0 Å². The largest absolute Gasteiger partial charge is 0.311 e. The third-order valence-electron chi connectivity index (χ3n) is 4.14. The number of anilines is 1. The third kappa shape index (κ3) is 3.28. The lowest BCUT2D eigenvalue weighted by Crippen LogP contribution is -2.27. The van der Waals surface area contributed by atoms with Gasteiger partial charge in [-0.25, -0.2) is 9.07 Å². The van der Waals surface area contributed by atoms with Crippen molar-refractivity contribution in [3.05, 3.63) is 47.4 Å². The molecule has 1 heterocycles. The minimum atomic E-state index is -0.250. The number of hydrogen-bond donors (Lipinski definition) is 1. The van der Waals surface area contributed by atoms with Gasteiger partial charge < -0.3 is 5.32 Å². The summed E-state index contributed by atoms with van der Waals surface area (Å²) in [4.78, 5) is 12.5. The van der Waals surface area contributed by atoms with Gasteiger partial charge in [-0.2, -0.15) is 5.10 Å². The lowest BCUT2D eigenvalue weighted by Gasteiger charge is -2.22. The number of carbonyl (C=O) groups is 1. The maximum absolute atomic E-state index is 13.0. The second-order valence-corrected chi connectivity index (χ2v) is 7.24. The Balaban J connectivity index is 1.71. The summed E-state index contributed by atoms with van der Waals surface area (Å²) in [5.41, 5.74) is 1.70. The zero-order valence-electron chi connectivity index (χ0n) is 13.9. The van der Waals surface area contributed by atoms with Gasteiger partial charge in [0.25, 0.3) is 0 Å². The summed E-state index contributed by atoms with van der Waals surface area (Å²) in [6.07, 6.45) is 0.806. The molecule has 0 radical (unpaired) electrons. The van der Waals surface area contributed by atoms with Crippen molar-refractivity contribution in [3.8, 4) is 0 Å². The minimum absolute atomic E-state index is 0.00438. The predicted molar refractivity (Wildman–Crippen MR) is 87.8 cm³/mol. The van der Waals surface area contributed by atoms with Crippen LogP contribution >= 0.6 is 0 Å². The molecule has 23 heavy (non-hydrogen) atoms. The number of nitrogens with zero attached hydrogens (tertiary/aromatic N) is 2. The van der Waals surface area contributed by atoms with Crippen molar-refractivity contribution in [1.82, 2.24) is 9.78 Å². The normalized spacial score (nSPS) is 20.4. The Morgan fingerprint density at radius 2 is 1.96 bits per heavy atom. The molecule has 1 aliphatic rings.